The van der Waals surface area contributed by atoms with Crippen molar-refractivity contribution >= 4 is 65.0 Å². The summed E-state index contributed by atoms with van der Waals surface area (Å²) >= 11 is 11.9. The quantitative estimate of drug-likeness (QED) is 0.673. The molecule has 0 saturated carbocycles. The third-order valence-electron chi connectivity index (χ3n) is 2.41. The normalized spacial score (nSPS) is 10.5. The van der Waals surface area contributed by atoms with Crippen LogP contribution in [0.2, 0.25) is 0 Å². The molecular weight excluding hydrogens is 458 g/mol. The smallest absolute Gasteiger partial charge is 0.251 e. The molecule has 0 fully saturated rings. The monoisotopic (exact) mass is 465 g/mol. The zero-order chi connectivity index (χ0) is 13.8. The lowest BCUT2D eigenvalue weighted by molar-refractivity contribution is 0.0954. The van der Waals surface area contributed by atoms with Crippen molar-refractivity contribution in [3.63, 3.8) is 0 Å². The molecule has 0 bridgehead atoms. The van der Waals surface area contributed by atoms with E-state index in [1.54, 1.807) is 11.3 Å². The largest absolute Gasteiger partial charge is 0.352 e. The number of amides is 1. The van der Waals surface area contributed by atoms with Crippen molar-refractivity contribution < 1.29 is 4.79 Å². The van der Waals surface area contributed by atoms with Crippen LogP contribution in [0.1, 0.15) is 15.2 Å². The Morgan fingerprint density at radius 2 is 1.79 bits per heavy atom. The molecule has 100 valence electrons. The number of halogens is 3. The number of rotatable bonds is 4. The van der Waals surface area contributed by atoms with E-state index in [2.05, 4.69) is 59.2 Å². The molecule has 6 heteroatoms. The molecule has 2 nitrogen and oxygen atoms in total. The summed E-state index contributed by atoms with van der Waals surface area (Å²) in [6, 6.07) is 9.60. The highest BCUT2D eigenvalue weighted by atomic mass is 79.9. The molecule has 0 aliphatic heterocycles. The van der Waals surface area contributed by atoms with Crippen LogP contribution < -0.4 is 5.32 Å². The Balaban J connectivity index is 1.90. The number of thiophene rings is 1. The van der Waals surface area contributed by atoms with Crippen LogP contribution in [0.3, 0.4) is 0 Å². The van der Waals surface area contributed by atoms with Crippen LogP contribution in [0.15, 0.2) is 43.1 Å². The number of carbonyl (C=O) groups is 1. The lowest BCUT2D eigenvalue weighted by Gasteiger charge is -2.05. The lowest BCUT2D eigenvalue weighted by atomic mass is 10.2. The van der Waals surface area contributed by atoms with Crippen LogP contribution in [-0.4, -0.2) is 12.5 Å². The fourth-order valence-corrected chi connectivity index (χ4v) is 4.35. The van der Waals surface area contributed by atoms with E-state index in [4.69, 9.17) is 0 Å². The Bertz CT molecular complexity index is 577. The van der Waals surface area contributed by atoms with Crippen LogP contribution in [0.5, 0.6) is 0 Å². The minimum atomic E-state index is -0.0578. The second-order valence-electron chi connectivity index (χ2n) is 3.87. The molecule has 0 radical (unpaired) electrons. The van der Waals surface area contributed by atoms with Gasteiger partial charge in [0, 0.05) is 25.9 Å². The van der Waals surface area contributed by atoms with Gasteiger partial charge in [0.1, 0.15) is 0 Å². The van der Waals surface area contributed by atoms with Crippen LogP contribution in [0, 0.1) is 0 Å². The molecule has 0 atom stereocenters. The standard InChI is InChI=1S/C13H10Br3NOS/c14-9-5-8(6-10(15)7-9)13(18)17-4-3-11-1-2-12(16)19-11/h1-2,5-7H,3-4H2,(H,17,18). The summed E-state index contributed by atoms with van der Waals surface area (Å²) in [6.45, 7) is 0.635. The Morgan fingerprint density at radius 1 is 1.11 bits per heavy atom. The Kier molecular flexibility index (Phi) is 5.62. The third-order valence-corrected chi connectivity index (χ3v) is 5.01. The van der Waals surface area contributed by atoms with Crippen molar-refractivity contribution in [1.29, 1.82) is 0 Å². The highest BCUT2D eigenvalue weighted by Gasteiger charge is 2.07. The van der Waals surface area contributed by atoms with E-state index in [0.717, 1.165) is 19.2 Å². The zero-order valence-corrected chi connectivity index (χ0v) is 15.3. The number of hydrogen-bond donors (Lipinski definition) is 1. The maximum absolute atomic E-state index is 12.0. The molecule has 0 spiro atoms. The molecule has 0 aliphatic rings. The maximum atomic E-state index is 12.0. The molecule has 1 N–H and O–H groups in total. The van der Waals surface area contributed by atoms with Gasteiger partial charge >= 0.3 is 0 Å². The van der Waals surface area contributed by atoms with Gasteiger partial charge < -0.3 is 5.32 Å². The van der Waals surface area contributed by atoms with E-state index in [-0.39, 0.29) is 5.91 Å². The highest BCUT2D eigenvalue weighted by molar-refractivity contribution is 9.11. The van der Waals surface area contributed by atoms with Gasteiger partial charge in [0.2, 0.25) is 0 Å². The lowest BCUT2D eigenvalue weighted by Crippen LogP contribution is -2.25. The summed E-state index contributed by atoms with van der Waals surface area (Å²) in [4.78, 5) is 13.2. The minimum Gasteiger partial charge on any atom is -0.352 e. The van der Waals surface area contributed by atoms with Gasteiger partial charge in [-0.2, -0.15) is 0 Å². The molecule has 1 aromatic carbocycles. The second-order valence-corrected chi connectivity index (χ2v) is 8.25. The molecule has 1 amide bonds. The fraction of sp³-hybridized carbons (Fsp3) is 0.154. The van der Waals surface area contributed by atoms with Crippen LogP contribution in [0.4, 0.5) is 0 Å². The van der Waals surface area contributed by atoms with Crippen LogP contribution >= 0.6 is 59.1 Å². The van der Waals surface area contributed by atoms with Gasteiger partial charge in [0.15, 0.2) is 0 Å². The van der Waals surface area contributed by atoms with E-state index in [9.17, 15) is 4.79 Å². The molecule has 0 unspecified atom stereocenters. The summed E-state index contributed by atoms with van der Waals surface area (Å²) < 4.78 is 2.88. The van der Waals surface area contributed by atoms with E-state index in [0.29, 0.717) is 12.1 Å². The Labute approximate surface area is 141 Å². The number of hydrogen-bond acceptors (Lipinski definition) is 2. The molecule has 0 saturated heterocycles. The molecule has 2 aromatic rings. The van der Waals surface area contributed by atoms with Crippen molar-refractivity contribution in [2.75, 3.05) is 6.54 Å². The summed E-state index contributed by atoms with van der Waals surface area (Å²) in [5.74, 6) is -0.0578. The molecule has 1 aromatic heterocycles. The summed E-state index contributed by atoms with van der Waals surface area (Å²) in [7, 11) is 0. The van der Waals surface area contributed by atoms with Gasteiger partial charge in [-0.15, -0.1) is 11.3 Å². The zero-order valence-electron chi connectivity index (χ0n) is 9.75. The fourth-order valence-electron chi connectivity index (χ4n) is 1.57. The predicted octanol–water partition coefficient (Wildman–Crippen LogP) is 5.01. The Hall–Kier alpha value is -0.170. The molecular formula is C13H10Br3NOS. The van der Waals surface area contributed by atoms with Crippen molar-refractivity contribution in [3.05, 3.63) is 53.5 Å². The van der Waals surface area contributed by atoms with Crippen LogP contribution in [-0.2, 0) is 6.42 Å². The van der Waals surface area contributed by atoms with Crippen LogP contribution in [0.25, 0.3) is 0 Å². The van der Waals surface area contributed by atoms with Crippen molar-refractivity contribution in [2.24, 2.45) is 0 Å². The first kappa shape index (κ1) is 15.2. The van der Waals surface area contributed by atoms with Crippen molar-refractivity contribution in [2.45, 2.75) is 6.42 Å². The van der Waals surface area contributed by atoms with Gasteiger partial charge in [0.25, 0.3) is 5.91 Å². The first-order valence-electron chi connectivity index (χ1n) is 5.53. The first-order chi connectivity index (χ1) is 9.04. The van der Waals surface area contributed by atoms with Gasteiger partial charge in [-0.25, -0.2) is 0 Å². The average Bonchev–Trinajstić information content (AvgIpc) is 2.73. The van der Waals surface area contributed by atoms with Gasteiger partial charge in [-0.1, -0.05) is 31.9 Å². The highest BCUT2D eigenvalue weighted by Crippen LogP contribution is 2.22. The van der Waals surface area contributed by atoms with E-state index in [1.807, 2.05) is 24.3 Å². The summed E-state index contributed by atoms with van der Waals surface area (Å²) in [5.41, 5.74) is 0.647. The SMILES string of the molecule is O=C(NCCc1ccc(Br)s1)c1cc(Br)cc(Br)c1. The summed E-state index contributed by atoms with van der Waals surface area (Å²) in [5, 5.41) is 2.92. The average molecular weight is 468 g/mol. The van der Waals surface area contributed by atoms with Gasteiger partial charge in [-0.3, -0.25) is 4.79 Å². The van der Waals surface area contributed by atoms with E-state index < -0.39 is 0 Å². The number of nitrogens with one attached hydrogen (secondary N) is 1. The van der Waals surface area contributed by atoms with Gasteiger partial charge in [-0.05, 0) is 52.7 Å². The predicted molar refractivity (Wildman–Crippen MR) is 89.9 cm³/mol. The van der Waals surface area contributed by atoms with E-state index in [1.165, 1.54) is 4.88 Å². The maximum Gasteiger partial charge on any atom is 0.251 e. The molecule has 19 heavy (non-hydrogen) atoms. The molecule has 1 heterocycles. The second kappa shape index (κ2) is 7.02. The third kappa shape index (κ3) is 4.70. The first-order valence-corrected chi connectivity index (χ1v) is 8.72. The van der Waals surface area contributed by atoms with Gasteiger partial charge in [0.05, 0.1) is 3.79 Å². The topological polar surface area (TPSA) is 29.1 Å². The van der Waals surface area contributed by atoms with Crippen molar-refractivity contribution in [3.8, 4) is 0 Å². The number of benzene rings is 1. The molecule has 0 aliphatic carbocycles. The van der Waals surface area contributed by atoms with Crippen molar-refractivity contribution in [1.82, 2.24) is 5.32 Å². The van der Waals surface area contributed by atoms with E-state index >= 15 is 0 Å². The summed E-state index contributed by atoms with van der Waals surface area (Å²) in [6.07, 6.45) is 0.844. The molecule has 2 rings (SSSR count). The minimum absolute atomic E-state index is 0.0578. The Morgan fingerprint density at radius 3 is 2.37 bits per heavy atom. The number of carbonyl (C=O) groups excluding carboxylic acids is 1.